The Morgan fingerprint density at radius 2 is 1.85 bits per heavy atom. The fourth-order valence-electron chi connectivity index (χ4n) is 2.94. The highest BCUT2D eigenvalue weighted by molar-refractivity contribution is 5.75. The zero-order valence-electron chi connectivity index (χ0n) is 15.7. The second-order valence-electron chi connectivity index (χ2n) is 7.31. The van der Waals surface area contributed by atoms with Crippen LogP contribution in [0.25, 0.3) is 11.0 Å². The third-order valence-electron chi connectivity index (χ3n) is 4.12. The van der Waals surface area contributed by atoms with Crippen LogP contribution in [0, 0.1) is 0 Å². The van der Waals surface area contributed by atoms with E-state index in [-0.39, 0.29) is 12.1 Å². The van der Waals surface area contributed by atoms with Gasteiger partial charge in [-0.3, -0.25) is 0 Å². The molecule has 1 saturated heterocycles. The first kappa shape index (κ1) is 18.2. The first-order valence-corrected chi connectivity index (χ1v) is 8.80. The van der Waals surface area contributed by atoms with Gasteiger partial charge in [0.25, 0.3) is 11.8 Å². The second-order valence-corrected chi connectivity index (χ2v) is 7.31. The van der Waals surface area contributed by atoms with Crippen LogP contribution < -0.4 is 9.47 Å². The van der Waals surface area contributed by atoms with Gasteiger partial charge in [0, 0.05) is 6.54 Å². The highest BCUT2D eigenvalue weighted by Crippen LogP contribution is 2.27. The molecule has 0 N–H and O–H groups in total. The Morgan fingerprint density at radius 1 is 1.19 bits per heavy atom. The molecule has 1 amide bonds. The predicted molar refractivity (Wildman–Crippen MR) is 97.5 cm³/mol. The lowest BCUT2D eigenvalue weighted by molar-refractivity contribution is 0.0185. The van der Waals surface area contributed by atoms with Gasteiger partial charge in [0.05, 0.1) is 24.2 Å². The maximum absolute atomic E-state index is 12.4. The number of fused-ring (bicyclic) bond motifs is 1. The van der Waals surface area contributed by atoms with Crippen LogP contribution in [0.4, 0.5) is 4.79 Å². The smallest absolute Gasteiger partial charge is 0.410 e. The van der Waals surface area contributed by atoms with E-state index >= 15 is 0 Å². The molecule has 0 saturated carbocycles. The number of ether oxygens (including phenoxy) is 3. The predicted octanol–water partition coefficient (Wildman–Crippen LogP) is 3.42. The lowest BCUT2D eigenvalue weighted by Crippen LogP contribution is -2.42. The highest BCUT2D eigenvalue weighted by atomic mass is 16.6. The van der Waals surface area contributed by atoms with Crippen molar-refractivity contribution in [3.63, 3.8) is 0 Å². The Bertz CT molecular complexity index is 788. The Labute approximate surface area is 153 Å². The lowest BCUT2D eigenvalue weighted by atomic mass is 10.2. The molecule has 26 heavy (non-hydrogen) atoms. The molecule has 140 valence electrons. The van der Waals surface area contributed by atoms with Crippen molar-refractivity contribution in [2.24, 2.45) is 0 Å². The quantitative estimate of drug-likeness (QED) is 0.833. The van der Waals surface area contributed by atoms with Crippen molar-refractivity contribution < 1.29 is 19.0 Å². The molecule has 1 aliphatic rings. The van der Waals surface area contributed by atoms with Gasteiger partial charge in [0.2, 0.25) is 0 Å². The van der Waals surface area contributed by atoms with Crippen molar-refractivity contribution in [2.75, 3.05) is 20.3 Å². The van der Waals surface area contributed by atoms with E-state index in [0.717, 1.165) is 23.9 Å². The number of nitrogens with zero attached hydrogens (tertiary/aromatic N) is 3. The number of amides is 1. The van der Waals surface area contributed by atoms with Gasteiger partial charge in [-0.2, -0.15) is 0 Å². The molecular weight excluding hydrogens is 334 g/mol. The molecule has 1 aliphatic heterocycles. The van der Waals surface area contributed by atoms with E-state index in [2.05, 4.69) is 9.97 Å². The largest absolute Gasteiger partial charge is 0.477 e. The van der Waals surface area contributed by atoms with E-state index in [1.165, 1.54) is 7.11 Å². The topological polar surface area (TPSA) is 73.8 Å². The summed E-state index contributed by atoms with van der Waals surface area (Å²) in [6, 6.07) is 7.48. The Balaban J connectivity index is 1.71. The molecular formula is C19H25N3O4. The molecule has 0 spiro atoms. The van der Waals surface area contributed by atoms with E-state index in [4.69, 9.17) is 14.2 Å². The van der Waals surface area contributed by atoms with Gasteiger partial charge in [0.15, 0.2) is 0 Å². The fourth-order valence-corrected chi connectivity index (χ4v) is 2.94. The molecule has 1 aromatic heterocycles. The zero-order valence-corrected chi connectivity index (χ0v) is 15.7. The van der Waals surface area contributed by atoms with Crippen molar-refractivity contribution in [1.29, 1.82) is 0 Å². The first-order valence-electron chi connectivity index (χ1n) is 8.80. The van der Waals surface area contributed by atoms with Crippen molar-refractivity contribution in [3.8, 4) is 11.8 Å². The number of para-hydroxylation sites is 2. The van der Waals surface area contributed by atoms with Gasteiger partial charge >= 0.3 is 6.09 Å². The number of likely N-dealkylation sites (tertiary alicyclic amines) is 1. The molecule has 0 radical (unpaired) electrons. The van der Waals surface area contributed by atoms with Crippen LogP contribution in [0.15, 0.2) is 24.3 Å². The van der Waals surface area contributed by atoms with E-state index in [9.17, 15) is 4.79 Å². The number of aromatic nitrogens is 2. The highest BCUT2D eigenvalue weighted by Gasteiger charge is 2.33. The molecule has 0 bridgehead atoms. The molecule has 0 aliphatic carbocycles. The Morgan fingerprint density at radius 3 is 2.46 bits per heavy atom. The maximum Gasteiger partial charge on any atom is 0.410 e. The van der Waals surface area contributed by atoms with Crippen molar-refractivity contribution >= 4 is 17.1 Å². The van der Waals surface area contributed by atoms with E-state index < -0.39 is 5.60 Å². The van der Waals surface area contributed by atoms with Crippen LogP contribution in [-0.2, 0) is 4.74 Å². The minimum Gasteiger partial charge on any atom is -0.477 e. The summed E-state index contributed by atoms with van der Waals surface area (Å²) in [6.45, 7) is 6.58. The molecule has 1 aromatic carbocycles. The zero-order chi connectivity index (χ0) is 18.7. The normalized spacial score (nSPS) is 17.4. The first-order chi connectivity index (χ1) is 12.4. The third kappa shape index (κ3) is 4.15. The van der Waals surface area contributed by atoms with Crippen molar-refractivity contribution in [1.82, 2.24) is 14.9 Å². The minimum absolute atomic E-state index is 0.0529. The van der Waals surface area contributed by atoms with Crippen molar-refractivity contribution in [3.05, 3.63) is 24.3 Å². The van der Waals surface area contributed by atoms with E-state index in [1.807, 2.05) is 45.0 Å². The number of carbonyl (C=O) groups excluding carboxylic acids is 1. The summed E-state index contributed by atoms with van der Waals surface area (Å²) < 4.78 is 16.7. The number of rotatable bonds is 4. The van der Waals surface area contributed by atoms with Crippen LogP contribution in [0.5, 0.6) is 11.8 Å². The van der Waals surface area contributed by atoms with Crippen LogP contribution in [0.1, 0.15) is 33.6 Å². The minimum atomic E-state index is -0.516. The molecule has 1 atom stereocenters. The third-order valence-corrected chi connectivity index (χ3v) is 4.12. The summed E-state index contributed by atoms with van der Waals surface area (Å²) in [5, 5.41) is 0. The summed E-state index contributed by atoms with van der Waals surface area (Å²) in [6.07, 6.45) is 1.48. The summed E-state index contributed by atoms with van der Waals surface area (Å²) in [7, 11) is 1.54. The molecule has 2 aromatic rings. The van der Waals surface area contributed by atoms with Gasteiger partial charge in [0.1, 0.15) is 12.2 Å². The number of benzene rings is 1. The molecule has 2 heterocycles. The molecule has 3 rings (SSSR count). The van der Waals surface area contributed by atoms with Gasteiger partial charge in [-0.1, -0.05) is 12.1 Å². The molecule has 1 fully saturated rings. The standard InChI is InChI=1S/C19H25N3O4/c1-19(2,3)26-18(23)22-11-7-8-13(22)12-25-17-16(24-4)20-14-9-5-6-10-15(14)21-17/h5-6,9-10,13H,7-8,11-12H2,1-4H3/t13-/m0/s1. The van der Waals surface area contributed by atoms with Crippen LogP contribution in [-0.4, -0.2) is 52.9 Å². The van der Waals surface area contributed by atoms with Gasteiger partial charge in [-0.15, -0.1) is 0 Å². The summed E-state index contributed by atoms with van der Waals surface area (Å²) in [5.74, 6) is 0.674. The maximum atomic E-state index is 12.4. The second kappa shape index (κ2) is 7.35. The van der Waals surface area contributed by atoms with E-state index in [1.54, 1.807) is 4.90 Å². The fraction of sp³-hybridized carbons (Fsp3) is 0.526. The van der Waals surface area contributed by atoms with Crippen molar-refractivity contribution in [2.45, 2.75) is 45.3 Å². The monoisotopic (exact) mass is 359 g/mol. The van der Waals surface area contributed by atoms with Gasteiger partial charge in [-0.05, 0) is 45.7 Å². The molecule has 0 unspecified atom stereocenters. The number of hydrogen-bond acceptors (Lipinski definition) is 6. The van der Waals surface area contributed by atoms with Crippen LogP contribution >= 0.6 is 0 Å². The lowest BCUT2D eigenvalue weighted by Gasteiger charge is -2.28. The average Bonchev–Trinajstić information content (AvgIpc) is 3.06. The van der Waals surface area contributed by atoms with Gasteiger partial charge < -0.3 is 19.1 Å². The summed E-state index contributed by atoms with van der Waals surface area (Å²) in [4.78, 5) is 23.0. The molecule has 7 heteroatoms. The van der Waals surface area contributed by atoms with Crippen LogP contribution in [0.2, 0.25) is 0 Å². The van der Waals surface area contributed by atoms with E-state index in [0.29, 0.717) is 24.9 Å². The summed E-state index contributed by atoms with van der Waals surface area (Å²) in [5.41, 5.74) is 0.963. The SMILES string of the molecule is COc1nc2ccccc2nc1OC[C@@H]1CCCN1C(=O)OC(C)(C)C. The summed E-state index contributed by atoms with van der Waals surface area (Å²) >= 11 is 0. The number of carbonyl (C=O) groups is 1. The average molecular weight is 359 g/mol. The Kier molecular flexibility index (Phi) is 5.15. The Hall–Kier alpha value is -2.57. The van der Waals surface area contributed by atoms with Gasteiger partial charge in [-0.25, -0.2) is 14.8 Å². The molecule has 7 nitrogen and oxygen atoms in total. The van der Waals surface area contributed by atoms with Crippen LogP contribution in [0.3, 0.4) is 0 Å². The number of hydrogen-bond donors (Lipinski definition) is 0. The number of methoxy groups -OCH3 is 1.